The summed E-state index contributed by atoms with van der Waals surface area (Å²) in [5.74, 6) is 0. The summed E-state index contributed by atoms with van der Waals surface area (Å²) in [4.78, 5) is 19.9. The van der Waals surface area contributed by atoms with Crippen LogP contribution in [-0.4, -0.2) is 24.5 Å². The van der Waals surface area contributed by atoms with Crippen LogP contribution in [0.5, 0.6) is 0 Å². The highest BCUT2D eigenvalue weighted by molar-refractivity contribution is 7.26. The Kier molecular flexibility index (Phi) is 10.8. The van der Waals surface area contributed by atoms with Gasteiger partial charge in [0.05, 0.1) is 34.8 Å². The first-order valence-corrected chi connectivity index (χ1v) is 31.5. The molecular weight excluding hydrogens is 1150 g/mol. The zero-order valence-corrected chi connectivity index (χ0v) is 49.6. The van der Waals surface area contributed by atoms with Gasteiger partial charge >= 0.3 is 0 Å². The van der Waals surface area contributed by atoms with Crippen molar-refractivity contribution in [3.8, 4) is 50.5 Å². The van der Waals surface area contributed by atoms with E-state index in [0.29, 0.717) is 16.9 Å². The fourth-order valence-corrected chi connectivity index (χ4v) is 15.4. The van der Waals surface area contributed by atoms with Crippen LogP contribution >= 0.6 is 11.3 Å². The molecule has 0 aliphatic rings. The second-order valence-electron chi connectivity index (χ2n) is 23.5. The first kappa shape index (κ1) is 50.7. The van der Waals surface area contributed by atoms with Crippen LogP contribution in [-0.2, 0) is 0 Å². The molecule has 0 spiro atoms. The largest absolute Gasteiger partial charge is 0.455 e. The number of benzene rings is 13. The number of thiophene rings is 1. The molecule has 9 nitrogen and oxygen atoms in total. The number of hydrogen-bond donors (Lipinski definition) is 0. The molecule has 428 valence electrons. The molecule has 0 N–H and O–H groups in total. The molecule has 8 aromatic heterocycles. The lowest BCUT2D eigenvalue weighted by Crippen LogP contribution is -1.95. The fourth-order valence-electron chi connectivity index (χ4n) is 14.2. The van der Waals surface area contributed by atoms with E-state index in [1.807, 2.05) is 53.9 Å². The van der Waals surface area contributed by atoms with Gasteiger partial charge in [-0.2, -0.15) is 0 Å². The maximum absolute atomic E-state index is 6.54. The maximum atomic E-state index is 6.54. The van der Waals surface area contributed by atoms with Gasteiger partial charge in [0.1, 0.15) is 44.5 Å². The van der Waals surface area contributed by atoms with Gasteiger partial charge in [-0.1, -0.05) is 182 Å². The van der Waals surface area contributed by atoms with Crippen molar-refractivity contribution in [2.75, 3.05) is 0 Å². The molecule has 0 radical (unpaired) electrons. The van der Waals surface area contributed by atoms with Crippen LogP contribution in [0.2, 0.25) is 0 Å². The second kappa shape index (κ2) is 19.6. The summed E-state index contributed by atoms with van der Waals surface area (Å²) in [6.45, 7) is 0. The number of aromatic nitrogens is 5. The monoisotopic (exact) mass is 1200 g/mol. The SMILES string of the molecule is c1cc(-c2cnc3oc4ccc(-c5cccc6c5sc5ccccc56)cc4c3n2)cc(-n2c3ccccc3c3ccccc32)c1.c1ccc2c(c1)cc(-c1ccc3oc4ncc(-c5cc6ccccc6c6c5oc5ccccc56)nc4c3c1)c1oc3ccccc3c12. The lowest BCUT2D eigenvalue weighted by Gasteiger charge is -2.10. The van der Waals surface area contributed by atoms with Gasteiger partial charge in [-0.05, 0) is 117 Å². The van der Waals surface area contributed by atoms with E-state index in [4.69, 9.17) is 37.6 Å². The van der Waals surface area contributed by atoms with Gasteiger partial charge in [0.25, 0.3) is 0 Å². The Morgan fingerprint density at radius 3 is 1.46 bits per heavy atom. The lowest BCUT2D eigenvalue weighted by molar-refractivity contribution is 0.652. The summed E-state index contributed by atoms with van der Waals surface area (Å²) in [6.07, 6.45) is 3.60. The van der Waals surface area contributed by atoms with Crippen molar-refractivity contribution >= 4 is 163 Å². The number of fused-ring (bicyclic) bond motifs is 22. The maximum Gasteiger partial charge on any atom is 0.246 e. The minimum atomic E-state index is 0.495. The molecule has 0 atom stereocenters. The number of nitrogens with zero attached hydrogens (tertiary/aromatic N) is 5. The molecule has 0 saturated heterocycles. The van der Waals surface area contributed by atoms with Crippen molar-refractivity contribution in [1.29, 1.82) is 0 Å². The number of furan rings is 4. The molecule has 0 bridgehead atoms. The standard InChI is InChI=1S/C42H22N2O3.C40H23N3OS/c1-3-11-26-23(9-1)19-30(40-37(26)28-13-5-7-15-34(28)45-40)25-17-18-36-32(21-25)39-42(47-36)43-22-33(44-39)31-20-24-10-2-4-12-27(24)38-29-14-6-8-16-35(29)46-41(31)38;1-4-16-34-28(11-1)29-12-2-5-17-35(29)43(34)26-10-7-9-25(21-26)33-23-41-40-38(42-33)32-22-24(19-20-36(32)44-40)27-14-8-15-31-30-13-3-6-18-37(30)45-39(27)31/h1-22H;1-23H. The molecule has 21 aromatic rings. The zero-order valence-electron chi connectivity index (χ0n) is 48.8. The zero-order chi connectivity index (χ0) is 60.1. The molecule has 10 heteroatoms. The summed E-state index contributed by atoms with van der Waals surface area (Å²) in [5.41, 5.74) is 18.7. The molecule has 21 rings (SSSR count). The first-order chi connectivity index (χ1) is 45.6. The predicted molar refractivity (Wildman–Crippen MR) is 377 cm³/mol. The van der Waals surface area contributed by atoms with Crippen LogP contribution < -0.4 is 0 Å². The van der Waals surface area contributed by atoms with Gasteiger partial charge in [-0.15, -0.1) is 11.3 Å². The average Bonchev–Trinajstić information content (AvgIpc) is 1.57. The van der Waals surface area contributed by atoms with E-state index in [1.54, 1.807) is 6.20 Å². The van der Waals surface area contributed by atoms with Crippen molar-refractivity contribution in [2.24, 2.45) is 0 Å². The summed E-state index contributed by atoms with van der Waals surface area (Å²) >= 11 is 1.84. The van der Waals surface area contributed by atoms with Crippen molar-refractivity contribution < 1.29 is 17.7 Å². The Morgan fingerprint density at radius 1 is 0.315 bits per heavy atom. The van der Waals surface area contributed by atoms with E-state index in [2.05, 4.69) is 229 Å². The Hall–Kier alpha value is -12.2. The van der Waals surface area contributed by atoms with Crippen LogP contribution in [0.3, 0.4) is 0 Å². The summed E-state index contributed by atoms with van der Waals surface area (Å²) < 4.78 is 30.4. The van der Waals surface area contributed by atoms with E-state index in [9.17, 15) is 0 Å². The normalized spacial score (nSPS) is 12.1. The molecule has 13 aromatic carbocycles. The van der Waals surface area contributed by atoms with E-state index in [1.165, 1.54) is 52.9 Å². The first-order valence-electron chi connectivity index (χ1n) is 30.6. The van der Waals surface area contributed by atoms with Gasteiger partial charge in [0.2, 0.25) is 11.4 Å². The minimum Gasteiger partial charge on any atom is -0.455 e. The van der Waals surface area contributed by atoms with Crippen LogP contribution in [0.4, 0.5) is 0 Å². The van der Waals surface area contributed by atoms with Crippen LogP contribution in [0.25, 0.3) is 202 Å². The second-order valence-corrected chi connectivity index (χ2v) is 24.6. The summed E-state index contributed by atoms with van der Waals surface area (Å²) in [7, 11) is 0. The Balaban J connectivity index is 0.000000128. The predicted octanol–water partition coefficient (Wildman–Crippen LogP) is 23.0. The molecule has 0 saturated carbocycles. The smallest absolute Gasteiger partial charge is 0.246 e. The number of hydrogen-bond acceptors (Lipinski definition) is 9. The third-order valence-corrected chi connectivity index (χ3v) is 19.6. The number of rotatable bonds is 5. The van der Waals surface area contributed by atoms with E-state index in [0.717, 1.165) is 132 Å². The Bertz CT molecular complexity index is 6420. The Labute approximate surface area is 525 Å². The molecule has 0 amide bonds. The third-order valence-electron chi connectivity index (χ3n) is 18.4. The highest BCUT2D eigenvalue weighted by Crippen LogP contribution is 2.46. The van der Waals surface area contributed by atoms with E-state index >= 15 is 0 Å². The highest BCUT2D eigenvalue weighted by atomic mass is 32.1. The summed E-state index contributed by atoms with van der Waals surface area (Å²) in [6, 6.07) is 91.2. The highest BCUT2D eigenvalue weighted by Gasteiger charge is 2.23. The number of para-hydroxylation sites is 4. The van der Waals surface area contributed by atoms with Crippen LogP contribution in [0.1, 0.15) is 0 Å². The Morgan fingerprint density at radius 2 is 0.804 bits per heavy atom. The van der Waals surface area contributed by atoms with E-state index < -0.39 is 0 Å². The van der Waals surface area contributed by atoms with Gasteiger partial charge < -0.3 is 22.2 Å². The molecule has 92 heavy (non-hydrogen) atoms. The van der Waals surface area contributed by atoms with Crippen molar-refractivity contribution in [1.82, 2.24) is 24.5 Å². The van der Waals surface area contributed by atoms with Crippen LogP contribution in [0.15, 0.2) is 291 Å². The topological polar surface area (TPSA) is 109 Å². The van der Waals surface area contributed by atoms with Crippen LogP contribution in [0, 0.1) is 0 Å². The molecule has 0 aliphatic carbocycles. The van der Waals surface area contributed by atoms with Crippen molar-refractivity contribution in [3.05, 3.63) is 273 Å². The molecule has 0 aliphatic heterocycles. The molecule has 0 fully saturated rings. The van der Waals surface area contributed by atoms with Gasteiger partial charge in [-0.3, -0.25) is 0 Å². The molecule has 8 heterocycles. The molecular formula is C82H45N5O4S. The van der Waals surface area contributed by atoms with E-state index in [-0.39, 0.29) is 0 Å². The van der Waals surface area contributed by atoms with Gasteiger partial charge in [-0.25, -0.2) is 19.9 Å². The molecule has 0 unspecified atom stereocenters. The lowest BCUT2D eigenvalue weighted by atomic mass is 9.96. The minimum absolute atomic E-state index is 0.495. The average molecular weight is 1200 g/mol. The van der Waals surface area contributed by atoms with Crippen molar-refractivity contribution in [2.45, 2.75) is 0 Å². The van der Waals surface area contributed by atoms with Crippen molar-refractivity contribution in [3.63, 3.8) is 0 Å². The quantitative estimate of drug-likeness (QED) is 0.168. The van der Waals surface area contributed by atoms with Gasteiger partial charge in [0, 0.05) is 85.6 Å². The summed E-state index contributed by atoms with van der Waals surface area (Å²) in [5, 5.41) is 15.9. The fraction of sp³-hybridized carbons (Fsp3) is 0. The van der Waals surface area contributed by atoms with Gasteiger partial charge in [0.15, 0.2) is 0 Å². The third kappa shape index (κ3) is 7.65.